The second kappa shape index (κ2) is 5.16. The number of aryl methyl sites for hydroxylation is 1. The Hall–Kier alpha value is -2.29. The highest BCUT2D eigenvalue weighted by Gasteiger charge is 2.46. The maximum atomic E-state index is 12.8. The molecule has 0 unspecified atom stereocenters. The van der Waals surface area contributed by atoms with Crippen LogP contribution < -0.4 is 10.2 Å². The molecule has 3 heteroatoms. The van der Waals surface area contributed by atoms with E-state index in [1.165, 1.54) is 11.1 Å². The summed E-state index contributed by atoms with van der Waals surface area (Å²) < 4.78 is 0. The molecule has 1 aliphatic heterocycles. The van der Waals surface area contributed by atoms with Crippen molar-refractivity contribution in [3.8, 4) is 0 Å². The zero-order valence-electron chi connectivity index (χ0n) is 12.6. The van der Waals surface area contributed by atoms with Crippen LogP contribution in [0.5, 0.6) is 0 Å². The summed E-state index contributed by atoms with van der Waals surface area (Å²) in [5.41, 5.74) is 3.40. The third kappa shape index (κ3) is 2.27. The molecule has 1 aliphatic carbocycles. The predicted molar refractivity (Wildman–Crippen MR) is 88.0 cm³/mol. The van der Waals surface area contributed by atoms with Crippen LogP contribution in [-0.4, -0.2) is 12.6 Å². The lowest BCUT2D eigenvalue weighted by atomic mass is 10.0. The van der Waals surface area contributed by atoms with Crippen LogP contribution in [0.15, 0.2) is 54.6 Å². The summed E-state index contributed by atoms with van der Waals surface area (Å²) in [7, 11) is 0. The first-order chi connectivity index (χ1) is 10.8. The van der Waals surface area contributed by atoms with Gasteiger partial charge in [-0.05, 0) is 42.9 Å². The van der Waals surface area contributed by atoms with E-state index >= 15 is 0 Å². The Labute approximate surface area is 131 Å². The molecule has 2 aliphatic rings. The van der Waals surface area contributed by atoms with Gasteiger partial charge in [0.25, 0.3) is 0 Å². The second-order valence-corrected chi connectivity index (χ2v) is 6.26. The minimum absolute atomic E-state index is 0.0357. The van der Waals surface area contributed by atoms with Gasteiger partial charge in [0.15, 0.2) is 0 Å². The van der Waals surface area contributed by atoms with Gasteiger partial charge in [0.05, 0.1) is 5.54 Å². The van der Waals surface area contributed by atoms with Gasteiger partial charge in [-0.1, -0.05) is 48.5 Å². The number of carbonyl (C=O) groups is 1. The van der Waals surface area contributed by atoms with Gasteiger partial charge in [-0.25, -0.2) is 4.79 Å². The average molecular weight is 292 g/mol. The lowest BCUT2D eigenvalue weighted by Crippen LogP contribution is -2.47. The number of anilines is 1. The van der Waals surface area contributed by atoms with Gasteiger partial charge in [0.2, 0.25) is 0 Å². The Morgan fingerprint density at radius 3 is 2.50 bits per heavy atom. The summed E-state index contributed by atoms with van der Waals surface area (Å²) >= 11 is 0. The highest BCUT2D eigenvalue weighted by Crippen LogP contribution is 2.45. The van der Waals surface area contributed by atoms with Gasteiger partial charge in [-0.15, -0.1) is 0 Å². The Morgan fingerprint density at radius 1 is 1.00 bits per heavy atom. The number of nitrogens with zero attached hydrogens (tertiary/aromatic N) is 1. The van der Waals surface area contributed by atoms with E-state index in [1.54, 1.807) is 0 Å². The van der Waals surface area contributed by atoms with E-state index in [9.17, 15) is 4.79 Å². The van der Waals surface area contributed by atoms with Crippen LogP contribution in [0.4, 0.5) is 10.5 Å². The molecular formula is C19H20N2O. The zero-order valence-corrected chi connectivity index (χ0v) is 12.6. The highest BCUT2D eigenvalue weighted by atomic mass is 16.2. The monoisotopic (exact) mass is 292 g/mol. The molecule has 2 amide bonds. The minimum atomic E-state index is -0.148. The van der Waals surface area contributed by atoms with E-state index in [4.69, 9.17) is 0 Å². The number of carbonyl (C=O) groups excluding carboxylic acids is 1. The molecule has 2 aromatic rings. The van der Waals surface area contributed by atoms with Gasteiger partial charge < -0.3 is 5.32 Å². The molecule has 1 saturated carbocycles. The molecule has 0 radical (unpaired) electrons. The van der Waals surface area contributed by atoms with E-state index in [2.05, 4.69) is 29.6 Å². The summed E-state index contributed by atoms with van der Waals surface area (Å²) in [5, 5.41) is 3.28. The summed E-state index contributed by atoms with van der Waals surface area (Å²) in [4.78, 5) is 14.7. The summed E-state index contributed by atoms with van der Waals surface area (Å²) in [6.07, 6.45) is 4.14. The molecule has 0 spiro atoms. The van der Waals surface area contributed by atoms with Gasteiger partial charge in [-0.3, -0.25) is 4.90 Å². The van der Waals surface area contributed by atoms with Crippen molar-refractivity contribution >= 4 is 11.7 Å². The molecule has 0 bridgehead atoms. The van der Waals surface area contributed by atoms with Crippen molar-refractivity contribution in [3.63, 3.8) is 0 Å². The number of nitrogens with one attached hydrogen (secondary N) is 1. The van der Waals surface area contributed by atoms with Crippen molar-refractivity contribution in [2.75, 3.05) is 11.4 Å². The van der Waals surface area contributed by atoms with E-state index in [1.807, 2.05) is 35.2 Å². The molecule has 3 nitrogen and oxygen atoms in total. The Morgan fingerprint density at radius 2 is 1.73 bits per heavy atom. The highest BCUT2D eigenvalue weighted by molar-refractivity contribution is 5.94. The quantitative estimate of drug-likeness (QED) is 0.896. The average Bonchev–Trinajstić information content (AvgIpc) is 3.36. The summed E-state index contributed by atoms with van der Waals surface area (Å²) in [5.74, 6) is 0. The van der Waals surface area contributed by atoms with Crippen LogP contribution in [0.25, 0.3) is 0 Å². The molecule has 1 N–H and O–H groups in total. The zero-order chi connectivity index (χ0) is 15.0. The van der Waals surface area contributed by atoms with Crippen LogP contribution >= 0.6 is 0 Å². The van der Waals surface area contributed by atoms with E-state index < -0.39 is 0 Å². The topological polar surface area (TPSA) is 32.3 Å². The van der Waals surface area contributed by atoms with Crippen LogP contribution in [0.3, 0.4) is 0 Å². The molecule has 0 saturated heterocycles. The maximum Gasteiger partial charge on any atom is 0.322 e. The van der Waals surface area contributed by atoms with Gasteiger partial charge in [-0.2, -0.15) is 0 Å². The van der Waals surface area contributed by atoms with Crippen LogP contribution in [0, 0.1) is 0 Å². The number of hydrogen-bond acceptors (Lipinski definition) is 1. The number of benzene rings is 2. The van der Waals surface area contributed by atoms with Crippen molar-refractivity contribution in [1.29, 1.82) is 0 Å². The van der Waals surface area contributed by atoms with Gasteiger partial charge >= 0.3 is 6.03 Å². The third-order valence-corrected chi connectivity index (χ3v) is 4.78. The number of para-hydroxylation sites is 1. The SMILES string of the molecule is O=C(NC1(c2ccccc2)CC1)N1CCCc2ccccc21. The van der Waals surface area contributed by atoms with Crippen molar-refractivity contribution in [3.05, 3.63) is 65.7 Å². The fourth-order valence-electron chi connectivity index (χ4n) is 3.38. The third-order valence-electron chi connectivity index (χ3n) is 4.78. The molecule has 1 fully saturated rings. The van der Waals surface area contributed by atoms with Crippen molar-refractivity contribution in [2.24, 2.45) is 0 Å². The molecule has 22 heavy (non-hydrogen) atoms. The molecule has 112 valence electrons. The lowest BCUT2D eigenvalue weighted by Gasteiger charge is -2.31. The van der Waals surface area contributed by atoms with Crippen LogP contribution in [0.1, 0.15) is 30.4 Å². The van der Waals surface area contributed by atoms with Gasteiger partial charge in [0, 0.05) is 12.2 Å². The number of hydrogen-bond donors (Lipinski definition) is 1. The molecule has 1 heterocycles. The fourth-order valence-corrected chi connectivity index (χ4v) is 3.38. The number of urea groups is 1. The van der Waals surface area contributed by atoms with Crippen LogP contribution in [0.2, 0.25) is 0 Å². The van der Waals surface area contributed by atoms with Crippen molar-refractivity contribution < 1.29 is 4.79 Å². The first kappa shape index (κ1) is 13.4. The minimum Gasteiger partial charge on any atom is -0.328 e. The lowest BCUT2D eigenvalue weighted by molar-refractivity contribution is 0.241. The van der Waals surface area contributed by atoms with Gasteiger partial charge in [0.1, 0.15) is 0 Å². The Bertz CT molecular complexity index is 692. The fraction of sp³-hybridized carbons (Fsp3) is 0.316. The standard InChI is InChI=1S/C19H20N2O/c22-18(20-19(12-13-19)16-9-2-1-3-10-16)21-14-6-8-15-7-4-5-11-17(15)21/h1-5,7,9-11H,6,8,12-14H2,(H,20,22). The number of fused-ring (bicyclic) bond motifs is 1. The molecule has 0 aromatic heterocycles. The van der Waals surface area contributed by atoms with E-state index in [0.29, 0.717) is 0 Å². The van der Waals surface area contributed by atoms with E-state index in [-0.39, 0.29) is 11.6 Å². The smallest absolute Gasteiger partial charge is 0.322 e. The van der Waals surface area contributed by atoms with E-state index in [0.717, 1.165) is 37.9 Å². The first-order valence-corrected chi connectivity index (χ1v) is 8.02. The molecular weight excluding hydrogens is 272 g/mol. The Kier molecular flexibility index (Phi) is 3.14. The Balaban J connectivity index is 1.57. The first-order valence-electron chi connectivity index (χ1n) is 8.02. The number of amides is 2. The maximum absolute atomic E-state index is 12.8. The summed E-state index contributed by atoms with van der Waals surface area (Å²) in [6, 6.07) is 18.6. The van der Waals surface area contributed by atoms with Crippen molar-refractivity contribution in [2.45, 2.75) is 31.2 Å². The van der Waals surface area contributed by atoms with Crippen molar-refractivity contribution in [1.82, 2.24) is 5.32 Å². The molecule has 2 aromatic carbocycles. The molecule has 0 atom stereocenters. The number of rotatable bonds is 2. The predicted octanol–water partition coefficient (Wildman–Crippen LogP) is 3.84. The normalized spacial score (nSPS) is 18.5. The second-order valence-electron chi connectivity index (χ2n) is 6.26. The molecule has 4 rings (SSSR count). The summed E-state index contributed by atoms with van der Waals surface area (Å²) in [6.45, 7) is 0.799. The van der Waals surface area contributed by atoms with Crippen LogP contribution in [-0.2, 0) is 12.0 Å². The largest absolute Gasteiger partial charge is 0.328 e.